The van der Waals surface area contributed by atoms with Gasteiger partial charge in [0.2, 0.25) is 0 Å². The topological polar surface area (TPSA) is 64.7 Å². The highest BCUT2D eigenvalue weighted by molar-refractivity contribution is 6.31. The van der Waals surface area contributed by atoms with Crippen molar-refractivity contribution in [1.29, 1.82) is 0 Å². The fraction of sp³-hybridized carbons (Fsp3) is 0.0588. The average molecular weight is 591 g/mol. The summed E-state index contributed by atoms with van der Waals surface area (Å²) in [6.45, 7) is 0. The highest BCUT2D eigenvalue weighted by Gasteiger charge is 2.36. The molecule has 206 valence electrons. The van der Waals surface area contributed by atoms with Gasteiger partial charge in [0.25, 0.3) is 11.8 Å². The summed E-state index contributed by atoms with van der Waals surface area (Å²) in [5.74, 6) is -0.211. The van der Waals surface area contributed by atoms with Crippen LogP contribution in [0.2, 0.25) is 10.0 Å². The summed E-state index contributed by atoms with van der Waals surface area (Å²) in [7, 11) is 0. The molecule has 0 bridgehead atoms. The number of benzene rings is 5. The molecule has 0 aromatic heterocycles. The largest absolute Gasteiger partial charge is 0.360 e. The van der Waals surface area contributed by atoms with Gasteiger partial charge in [-0.15, -0.1) is 0 Å². The third-order valence-electron chi connectivity index (χ3n) is 7.63. The number of para-hydroxylation sites is 2. The molecule has 5 aromatic rings. The Balaban J connectivity index is 1.28. The second-order valence-corrected chi connectivity index (χ2v) is 11.0. The molecule has 0 radical (unpaired) electrons. The number of amides is 2. The zero-order valence-electron chi connectivity index (χ0n) is 22.2. The molecule has 6 nitrogen and oxygen atoms in total. The van der Waals surface area contributed by atoms with Crippen molar-refractivity contribution in [1.82, 2.24) is 0 Å². The standard InChI is InChI=1S/C34H24Cl2N4O2/c35-23-13-17-25(18-14-23)39-31(37-29-7-3-1-5-27(29)33(39)41)21-9-11-22(12-10-21)32-38-30-8-4-2-6-28(30)34(42)40(32)26-19-15-24(36)16-20-26/h1-20,31-32,37-38H. The summed E-state index contributed by atoms with van der Waals surface area (Å²) < 4.78 is 0. The monoisotopic (exact) mass is 590 g/mol. The Morgan fingerprint density at radius 3 is 1.21 bits per heavy atom. The molecule has 2 atom stereocenters. The zero-order chi connectivity index (χ0) is 28.8. The smallest absolute Gasteiger partial charge is 0.262 e. The van der Waals surface area contributed by atoms with Gasteiger partial charge in [-0.1, -0.05) is 71.7 Å². The highest BCUT2D eigenvalue weighted by atomic mass is 35.5. The number of carbonyl (C=O) groups excluding carboxylic acids is 2. The van der Waals surface area contributed by atoms with E-state index < -0.39 is 12.3 Å². The van der Waals surface area contributed by atoms with Crippen LogP contribution in [0.3, 0.4) is 0 Å². The van der Waals surface area contributed by atoms with Crippen molar-refractivity contribution in [3.8, 4) is 0 Å². The van der Waals surface area contributed by atoms with Crippen molar-refractivity contribution in [2.24, 2.45) is 0 Å². The number of hydrogen-bond acceptors (Lipinski definition) is 4. The molecule has 2 N–H and O–H groups in total. The van der Waals surface area contributed by atoms with Crippen LogP contribution in [-0.2, 0) is 0 Å². The number of nitrogens with one attached hydrogen (secondary N) is 2. The van der Waals surface area contributed by atoms with Crippen LogP contribution in [0.25, 0.3) is 0 Å². The molecule has 0 spiro atoms. The van der Waals surface area contributed by atoms with Crippen LogP contribution in [0.5, 0.6) is 0 Å². The number of halogens is 2. The number of nitrogens with zero attached hydrogens (tertiary/aromatic N) is 2. The molecule has 5 aromatic carbocycles. The van der Waals surface area contributed by atoms with E-state index in [1.54, 1.807) is 34.1 Å². The zero-order valence-corrected chi connectivity index (χ0v) is 23.7. The molecule has 2 heterocycles. The SMILES string of the molecule is O=C1c2ccccc2NC(c2ccc(C3Nc4ccccc4C(=O)N3c3ccc(Cl)cc3)cc2)N1c1ccc(Cl)cc1. The molecule has 2 unspecified atom stereocenters. The van der Waals surface area contributed by atoms with Gasteiger partial charge in [0, 0.05) is 32.8 Å². The van der Waals surface area contributed by atoms with Crippen molar-refractivity contribution >= 4 is 57.8 Å². The van der Waals surface area contributed by atoms with Crippen LogP contribution >= 0.6 is 23.2 Å². The molecule has 2 aliphatic heterocycles. The third kappa shape index (κ3) is 4.55. The fourth-order valence-electron chi connectivity index (χ4n) is 5.57. The van der Waals surface area contributed by atoms with Gasteiger partial charge in [0.1, 0.15) is 12.3 Å². The van der Waals surface area contributed by atoms with Gasteiger partial charge in [-0.25, -0.2) is 0 Å². The predicted octanol–water partition coefficient (Wildman–Crippen LogP) is 8.54. The second kappa shape index (κ2) is 10.6. The summed E-state index contributed by atoms with van der Waals surface area (Å²) in [5, 5.41) is 8.28. The Labute approximate surface area is 253 Å². The molecular weight excluding hydrogens is 567 g/mol. The van der Waals surface area contributed by atoms with Gasteiger partial charge in [-0.3, -0.25) is 19.4 Å². The predicted molar refractivity (Wildman–Crippen MR) is 169 cm³/mol. The van der Waals surface area contributed by atoms with Crippen molar-refractivity contribution in [3.05, 3.63) is 154 Å². The minimum absolute atomic E-state index is 0.106. The van der Waals surface area contributed by atoms with Gasteiger partial charge in [-0.2, -0.15) is 0 Å². The molecule has 0 saturated heterocycles. The summed E-state index contributed by atoms with van der Waals surface area (Å²) in [5.41, 5.74) is 5.97. The normalized spacial score (nSPS) is 17.7. The number of hydrogen-bond donors (Lipinski definition) is 2. The van der Waals surface area contributed by atoms with Crippen LogP contribution in [-0.4, -0.2) is 11.8 Å². The van der Waals surface area contributed by atoms with Crippen LogP contribution in [0, 0.1) is 0 Å². The van der Waals surface area contributed by atoms with Crippen LogP contribution in [0.1, 0.15) is 44.2 Å². The van der Waals surface area contributed by atoms with E-state index in [0.29, 0.717) is 21.2 Å². The van der Waals surface area contributed by atoms with Crippen molar-refractivity contribution in [2.75, 3.05) is 20.4 Å². The summed E-state index contributed by atoms with van der Waals surface area (Å²) in [6, 6.07) is 37.4. The highest BCUT2D eigenvalue weighted by Crippen LogP contribution is 2.40. The number of anilines is 4. The first-order valence-electron chi connectivity index (χ1n) is 13.5. The Morgan fingerprint density at radius 2 is 0.833 bits per heavy atom. The number of fused-ring (bicyclic) bond motifs is 2. The Hall–Kier alpha value is -4.78. The van der Waals surface area contributed by atoms with Gasteiger partial charge in [0.15, 0.2) is 0 Å². The third-order valence-corrected chi connectivity index (χ3v) is 8.13. The maximum Gasteiger partial charge on any atom is 0.262 e. The summed E-state index contributed by atoms with van der Waals surface area (Å²) in [6.07, 6.45) is -0.923. The first kappa shape index (κ1) is 26.1. The van der Waals surface area contributed by atoms with E-state index in [1.807, 2.05) is 97.1 Å². The summed E-state index contributed by atoms with van der Waals surface area (Å²) >= 11 is 12.3. The van der Waals surface area contributed by atoms with Crippen LogP contribution < -0.4 is 20.4 Å². The van der Waals surface area contributed by atoms with Crippen molar-refractivity contribution in [2.45, 2.75) is 12.3 Å². The molecule has 7 rings (SSSR count). The van der Waals surface area contributed by atoms with E-state index in [2.05, 4.69) is 10.6 Å². The van der Waals surface area contributed by atoms with Crippen molar-refractivity contribution in [3.63, 3.8) is 0 Å². The van der Waals surface area contributed by atoms with E-state index in [1.165, 1.54) is 0 Å². The van der Waals surface area contributed by atoms with E-state index in [0.717, 1.165) is 33.9 Å². The Morgan fingerprint density at radius 1 is 0.476 bits per heavy atom. The molecule has 2 amide bonds. The minimum Gasteiger partial charge on any atom is -0.360 e. The summed E-state index contributed by atoms with van der Waals surface area (Å²) in [4.78, 5) is 31.0. The van der Waals surface area contributed by atoms with E-state index >= 15 is 0 Å². The average Bonchev–Trinajstić information content (AvgIpc) is 3.02. The second-order valence-electron chi connectivity index (χ2n) is 10.2. The van der Waals surface area contributed by atoms with Gasteiger partial charge < -0.3 is 10.6 Å². The molecule has 42 heavy (non-hydrogen) atoms. The van der Waals surface area contributed by atoms with E-state index in [9.17, 15) is 9.59 Å². The quantitative estimate of drug-likeness (QED) is 0.220. The van der Waals surface area contributed by atoms with Gasteiger partial charge in [-0.05, 0) is 83.9 Å². The lowest BCUT2D eigenvalue weighted by atomic mass is 9.99. The van der Waals surface area contributed by atoms with E-state index in [4.69, 9.17) is 23.2 Å². The molecule has 0 saturated carbocycles. The molecule has 0 aliphatic carbocycles. The Kier molecular flexibility index (Phi) is 6.57. The number of rotatable bonds is 4. The lowest BCUT2D eigenvalue weighted by Crippen LogP contribution is -2.44. The minimum atomic E-state index is -0.461. The van der Waals surface area contributed by atoms with E-state index in [-0.39, 0.29) is 11.8 Å². The lowest BCUT2D eigenvalue weighted by molar-refractivity contribution is 0.0966. The Bertz CT molecular complexity index is 1670. The maximum atomic E-state index is 13.8. The van der Waals surface area contributed by atoms with Gasteiger partial charge >= 0.3 is 0 Å². The number of carbonyl (C=O) groups is 2. The maximum absolute atomic E-state index is 13.8. The molecular formula is C34H24Cl2N4O2. The van der Waals surface area contributed by atoms with Crippen LogP contribution in [0.4, 0.5) is 22.7 Å². The molecule has 8 heteroatoms. The molecule has 2 aliphatic rings. The molecule has 0 fully saturated rings. The fourth-order valence-corrected chi connectivity index (χ4v) is 5.82. The van der Waals surface area contributed by atoms with Gasteiger partial charge in [0.05, 0.1) is 11.1 Å². The first-order chi connectivity index (χ1) is 20.5. The first-order valence-corrected chi connectivity index (χ1v) is 14.2. The van der Waals surface area contributed by atoms with Crippen LogP contribution in [0.15, 0.2) is 121 Å². The lowest BCUT2D eigenvalue weighted by Gasteiger charge is -2.39. The van der Waals surface area contributed by atoms with Crippen molar-refractivity contribution < 1.29 is 9.59 Å².